The van der Waals surface area contributed by atoms with Crippen LogP contribution in [0.3, 0.4) is 0 Å². The zero-order chi connectivity index (χ0) is 20.9. The van der Waals surface area contributed by atoms with E-state index in [-0.39, 0.29) is 18.3 Å². The number of nitrogens with one attached hydrogen (secondary N) is 1. The fourth-order valence-corrected chi connectivity index (χ4v) is 2.54. The fourth-order valence-electron chi connectivity index (χ4n) is 2.54. The molecule has 150 valence electrons. The Morgan fingerprint density at radius 3 is 2.57 bits per heavy atom. The molecule has 28 heavy (non-hydrogen) atoms. The average Bonchev–Trinajstić information content (AvgIpc) is 3.04. The van der Waals surface area contributed by atoms with Gasteiger partial charge in [-0.2, -0.15) is 5.26 Å². The third-order valence-corrected chi connectivity index (χ3v) is 4.76. The van der Waals surface area contributed by atoms with E-state index in [4.69, 9.17) is 13.9 Å². The lowest BCUT2D eigenvalue weighted by atomic mass is 9.90. The highest BCUT2D eigenvalue weighted by molar-refractivity contribution is 5.97. The molecule has 7 nitrogen and oxygen atoms in total. The van der Waals surface area contributed by atoms with Crippen LogP contribution in [0.25, 0.3) is 11.0 Å². The molecule has 0 saturated carbocycles. The van der Waals surface area contributed by atoms with Gasteiger partial charge in [-0.15, -0.1) is 0 Å². The van der Waals surface area contributed by atoms with Crippen LogP contribution < -0.4 is 5.32 Å². The van der Waals surface area contributed by atoms with Crippen LogP contribution in [0.15, 0.2) is 28.7 Å². The number of nitrogens with zero attached hydrogens (tertiary/aromatic N) is 1. The molecule has 2 atom stereocenters. The maximum Gasteiger partial charge on any atom is 0.375 e. The molecule has 1 aromatic carbocycles. The van der Waals surface area contributed by atoms with Gasteiger partial charge in [0.2, 0.25) is 5.76 Å². The van der Waals surface area contributed by atoms with E-state index >= 15 is 0 Å². The van der Waals surface area contributed by atoms with Gasteiger partial charge < -0.3 is 19.2 Å². The van der Waals surface area contributed by atoms with Crippen molar-refractivity contribution in [1.29, 1.82) is 5.26 Å². The molecule has 2 rings (SSSR count). The quantitative estimate of drug-likeness (QED) is 0.696. The first-order chi connectivity index (χ1) is 13.2. The molecule has 0 aliphatic carbocycles. The number of amides is 1. The molecule has 0 spiro atoms. The number of fused-ring (bicyclic) bond motifs is 1. The summed E-state index contributed by atoms with van der Waals surface area (Å²) in [4.78, 5) is 25.1. The Kier molecular flexibility index (Phi) is 6.81. The van der Waals surface area contributed by atoms with Crippen molar-refractivity contribution >= 4 is 22.8 Å². The van der Waals surface area contributed by atoms with Gasteiger partial charge in [0.1, 0.15) is 11.1 Å². The lowest BCUT2D eigenvalue weighted by Crippen LogP contribution is -2.52. The summed E-state index contributed by atoms with van der Waals surface area (Å²) in [6.45, 7) is 9.27. The van der Waals surface area contributed by atoms with Crippen molar-refractivity contribution in [2.24, 2.45) is 5.92 Å². The molecule has 0 aliphatic heterocycles. The molecular formula is C21H26N2O5. The second-order valence-electron chi connectivity index (χ2n) is 7.05. The molecule has 7 heteroatoms. The molecule has 0 radical (unpaired) electrons. The highest BCUT2D eigenvalue weighted by atomic mass is 16.6. The number of carbonyl (C=O) groups excluding carboxylic acids is 2. The minimum absolute atomic E-state index is 0.0150. The van der Waals surface area contributed by atoms with E-state index in [1.165, 1.54) is 6.92 Å². The zero-order valence-electron chi connectivity index (χ0n) is 16.9. The number of hydrogen-bond donors (Lipinski definition) is 1. The topological polar surface area (TPSA) is 102 Å². The molecule has 0 unspecified atom stereocenters. The van der Waals surface area contributed by atoms with Crippen molar-refractivity contribution in [3.05, 3.63) is 35.6 Å². The maximum atomic E-state index is 12.7. The number of para-hydroxylation sites is 1. The minimum Gasteiger partial charge on any atom is -0.449 e. The lowest BCUT2D eigenvalue weighted by Gasteiger charge is -2.28. The van der Waals surface area contributed by atoms with Crippen LogP contribution in [0.4, 0.5) is 0 Å². The fraction of sp³-hybridized carbons (Fsp3) is 0.476. The van der Waals surface area contributed by atoms with Gasteiger partial charge >= 0.3 is 5.97 Å². The van der Waals surface area contributed by atoms with E-state index in [2.05, 4.69) is 11.4 Å². The van der Waals surface area contributed by atoms with E-state index in [1.807, 2.05) is 32.9 Å². The summed E-state index contributed by atoms with van der Waals surface area (Å²) in [7, 11) is 0. The standard InChI is InChI=1S/C21H26N2O5/c1-6-26-11-16-15-9-7-8-10-17(15)28-18(16)20(25)27-14(4)19(24)23-21(5,12-22)13(2)3/h7-10,13-14H,6,11H2,1-5H3,(H,23,24)/t14-,21-/m0/s1. The van der Waals surface area contributed by atoms with Crippen molar-refractivity contribution in [1.82, 2.24) is 5.32 Å². The van der Waals surface area contributed by atoms with E-state index in [0.29, 0.717) is 17.8 Å². The number of furan rings is 1. The smallest absolute Gasteiger partial charge is 0.375 e. The van der Waals surface area contributed by atoms with Gasteiger partial charge in [-0.1, -0.05) is 32.0 Å². The number of rotatable bonds is 8. The third-order valence-electron chi connectivity index (χ3n) is 4.76. The molecule has 0 fully saturated rings. The summed E-state index contributed by atoms with van der Waals surface area (Å²) in [5, 5.41) is 12.7. The third kappa shape index (κ3) is 4.52. The Hall–Kier alpha value is -2.85. The van der Waals surface area contributed by atoms with Gasteiger partial charge in [0, 0.05) is 17.6 Å². The minimum atomic E-state index is -1.09. The largest absolute Gasteiger partial charge is 0.449 e. The first-order valence-electron chi connectivity index (χ1n) is 9.25. The molecule has 0 aliphatic rings. The first-order valence-corrected chi connectivity index (χ1v) is 9.25. The highest BCUT2D eigenvalue weighted by Crippen LogP contribution is 2.27. The number of nitriles is 1. The van der Waals surface area contributed by atoms with Crippen molar-refractivity contribution in [3.8, 4) is 6.07 Å². The van der Waals surface area contributed by atoms with Crippen molar-refractivity contribution in [2.75, 3.05) is 6.61 Å². The molecule has 1 amide bonds. The second-order valence-corrected chi connectivity index (χ2v) is 7.05. The van der Waals surface area contributed by atoms with Gasteiger partial charge in [-0.3, -0.25) is 4.79 Å². The summed E-state index contributed by atoms with van der Waals surface area (Å²) >= 11 is 0. The SMILES string of the molecule is CCOCc1c(C(=O)O[C@@H](C)C(=O)N[C@@](C)(C#N)C(C)C)oc2ccccc12. The van der Waals surface area contributed by atoms with Gasteiger partial charge in [0.25, 0.3) is 5.91 Å². The Balaban J connectivity index is 2.20. The number of ether oxygens (including phenoxy) is 2. The number of carbonyl (C=O) groups is 2. The van der Waals surface area contributed by atoms with Gasteiger partial charge in [0.15, 0.2) is 6.10 Å². The van der Waals surface area contributed by atoms with E-state index in [1.54, 1.807) is 19.1 Å². The second kappa shape index (κ2) is 8.89. The van der Waals surface area contributed by atoms with Gasteiger partial charge in [-0.25, -0.2) is 4.79 Å². The van der Waals surface area contributed by atoms with E-state index in [9.17, 15) is 14.9 Å². The van der Waals surface area contributed by atoms with E-state index in [0.717, 1.165) is 5.39 Å². The summed E-state index contributed by atoms with van der Waals surface area (Å²) in [5.41, 5.74) is 0.0641. The first kappa shape index (κ1) is 21.5. The molecule has 1 heterocycles. The Bertz CT molecular complexity index is 896. The lowest BCUT2D eigenvalue weighted by molar-refractivity contribution is -0.130. The summed E-state index contributed by atoms with van der Waals surface area (Å²) in [6.07, 6.45) is -1.09. The predicted octanol–water partition coefficient (Wildman–Crippen LogP) is 3.57. The normalized spacial score (nSPS) is 14.3. The monoisotopic (exact) mass is 386 g/mol. The molecule has 2 aromatic rings. The summed E-state index contributed by atoms with van der Waals surface area (Å²) in [6, 6.07) is 9.32. The van der Waals surface area contributed by atoms with Crippen LogP contribution in [-0.2, 0) is 20.9 Å². The summed E-state index contributed by atoms with van der Waals surface area (Å²) in [5.74, 6) is -1.40. The molecule has 1 aromatic heterocycles. The van der Waals surface area contributed by atoms with E-state index < -0.39 is 23.5 Å². The number of esters is 1. The highest BCUT2D eigenvalue weighted by Gasteiger charge is 2.33. The molecule has 0 saturated heterocycles. The van der Waals surface area contributed by atoms with Crippen molar-refractivity contribution < 1.29 is 23.5 Å². The van der Waals surface area contributed by atoms with Crippen molar-refractivity contribution in [3.63, 3.8) is 0 Å². The van der Waals surface area contributed by atoms with Crippen LogP contribution in [0, 0.1) is 17.2 Å². The molecule has 1 N–H and O–H groups in total. The summed E-state index contributed by atoms with van der Waals surface area (Å²) < 4.78 is 16.4. The maximum absolute atomic E-state index is 12.7. The number of benzene rings is 1. The average molecular weight is 386 g/mol. The van der Waals surface area contributed by atoms with Crippen LogP contribution in [0.1, 0.15) is 50.7 Å². The predicted molar refractivity (Wildman–Crippen MR) is 103 cm³/mol. The van der Waals surface area contributed by atoms with Crippen LogP contribution in [0.5, 0.6) is 0 Å². The molecule has 0 bridgehead atoms. The van der Waals surface area contributed by atoms with Gasteiger partial charge in [-0.05, 0) is 32.8 Å². The Labute approximate surface area is 164 Å². The Morgan fingerprint density at radius 1 is 1.29 bits per heavy atom. The van der Waals surface area contributed by atoms with Gasteiger partial charge in [0.05, 0.1) is 12.7 Å². The number of hydrogen-bond acceptors (Lipinski definition) is 6. The zero-order valence-corrected chi connectivity index (χ0v) is 16.9. The molecular weight excluding hydrogens is 360 g/mol. The van der Waals surface area contributed by atoms with Crippen LogP contribution in [0.2, 0.25) is 0 Å². The van der Waals surface area contributed by atoms with Crippen molar-refractivity contribution in [2.45, 2.75) is 52.9 Å². The van der Waals surface area contributed by atoms with Crippen LogP contribution >= 0.6 is 0 Å². The van der Waals surface area contributed by atoms with Crippen LogP contribution in [-0.4, -0.2) is 30.1 Å². The Morgan fingerprint density at radius 2 is 1.96 bits per heavy atom.